The summed E-state index contributed by atoms with van der Waals surface area (Å²) in [5.41, 5.74) is 2.67. The molecule has 1 unspecified atom stereocenters. The smallest absolute Gasteiger partial charge is 0.0361 e. The zero-order valence-corrected chi connectivity index (χ0v) is 11.0. The number of rotatable bonds is 6. The Hall–Kier alpha value is -1.02. The Kier molecular flexibility index (Phi) is 5.33. The Labute approximate surface area is 99.7 Å². The van der Waals surface area contributed by atoms with E-state index in [1.54, 1.807) is 0 Å². The Bertz CT molecular complexity index is 290. The maximum absolute atomic E-state index is 3.46. The van der Waals surface area contributed by atoms with Crippen LogP contribution in [0.1, 0.15) is 31.7 Å². The van der Waals surface area contributed by atoms with Gasteiger partial charge in [-0.15, -0.1) is 0 Å². The van der Waals surface area contributed by atoms with Crippen molar-refractivity contribution < 1.29 is 0 Å². The van der Waals surface area contributed by atoms with E-state index in [0.29, 0.717) is 5.92 Å². The second-order valence-electron chi connectivity index (χ2n) is 4.59. The molecular weight excluding hydrogens is 196 g/mol. The van der Waals surface area contributed by atoms with E-state index in [-0.39, 0.29) is 0 Å². The van der Waals surface area contributed by atoms with Gasteiger partial charge in [-0.25, -0.2) is 0 Å². The molecule has 0 saturated heterocycles. The topological polar surface area (TPSA) is 15.3 Å². The van der Waals surface area contributed by atoms with Crippen molar-refractivity contribution in [2.24, 2.45) is 0 Å². The van der Waals surface area contributed by atoms with E-state index in [1.165, 1.54) is 17.7 Å². The molecule has 0 aliphatic carbocycles. The van der Waals surface area contributed by atoms with Crippen molar-refractivity contribution >= 4 is 5.69 Å². The van der Waals surface area contributed by atoms with Crippen LogP contribution in [0.4, 0.5) is 5.69 Å². The first-order valence-corrected chi connectivity index (χ1v) is 6.13. The van der Waals surface area contributed by atoms with Crippen LogP contribution >= 0.6 is 0 Å². The van der Waals surface area contributed by atoms with E-state index in [1.807, 2.05) is 0 Å². The molecule has 90 valence electrons. The number of hydrogen-bond acceptors (Lipinski definition) is 2. The monoisotopic (exact) mass is 220 g/mol. The number of nitrogens with one attached hydrogen (secondary N) is 1. The van der Waals surface area contributed by atoms with Gasteiger partial charge in [-0.2, -0.15) is 0 Å². The maximum atomic E-state index is 3.46. The second-order valence-corrected chi connectivity index (χ2v) is 4.59. The molecule has 0 heterocycles. The molecule has 0 bridgehead atoms. The molecule has 0 aliphatic heterocycles. The van der Waals surface area contributed by atoms with Crippen molar-refractivity contribution in [2.45, 2.75) is 26.2 Å². The van der Waals surface area contributed by atoms with Crippen LogP contribution < -0.4 is 10.2 Å². The average Bonchev–Trinajstić information content (AvgIpc) is 2.29. The highest BCUT2D eigenvalue weighted by Gasteiger charge is 2.04. The lowest BCUT2D eigenvalue weighted by atomic mass is 10.0. The predicted molar refractivity (Wildman–Crippen MR) is 72.3 cm³/mol. The largest absolute Gasteiger partial charge is 0.378 e. The van der Waals surface area contributed by atoms with Gasteiger partial charge in [0.1, 0.15) is 0 Å². The highest BCUT2D eigenvalue weighted by Crippen LogP contribution is 2.18. The number of hydrogen-bond donors (Lipinski definition) is 1. The van der Waals surface area contributed by atoms with Crippen LogP contribution in [-0.4, -0.2) is 27.2 Å². The molecule has 0 spiro atoms. The van der Waals surface area contributed by atoms with Crippen LogP contribution in [0.5, 0.6) is 0 Å². The summed E-state index contributed by atoms with van der Waals surface area (Å²) in [6.07, 6.45) is 1.20. The Morgan fingerprint density at radius 2 is 1.81 bits per heavy atom. The zero-order valence-electron chi connectivity index (χ0n) is 11.0. The van der Waals surface area contributed by atoms with E-state index in [2.05, 4.69) is 62.4 Å². The lowest BCUT2D eigenvalue weighted by Gasteiger charge is -2.16. The number of benzene rings is 1. The molecule has 1 atom stereocenters. The van der Waals surface area contributed by atoms with Crippen molar-refractivity contribution in [3.8, 4) is 0 Å². The Morgan fingerprint density at radius 1 is 1.19 bits per heavy atom. The van der Waals surface area contributed by atoms with Gasteiger partial charge in [-0.3, -0.25) is 0 Å². The third-order valence-corrected chi connectivity index (χ3v) is 2.86. The van der Waals surface area contributed by atoms with E-state index in [0.717, 1.165) is 13.1 Å². The van der Waals surface area contributed by atoms with Crippen molar-refractivity contribution in [1.29, 1.82) is 0 Å². The van der Waals surface area contributed by atoms with Crippen molar-refractivity contribution in [3.05, 3.63) is 29.8 Å². The molecule has 0 saturated carbocycles. The summed E-state index contributed by atoms with van der Waals surface area (Å²) in [4.78, 5) is 2.13. The standard InChI is InChI=1S/C14H24N2/c1-5-10-15-11-12(2)13-6-8-14(9-7-13)16(3)4/h6-9,12,15H,5,10-11H2,1-4H3. The van der Waals surface area contributed by atoms with E-state index < -0.39 is 0 Å². The van der Waals surface area contributed by atoms with Crippen LogP contribution in [0.25, 0.3) is 0 Å². The van der Waals surface area contributed by atoms with Gasteiger partial charge in [0.2, 0.25) is 0 Å². The highest BCUT2D eigenvalue weighted by molar-refractivity contribution is 5.46. The number of anilines is 1. The summed E-state index contributed by atoms with van der Waals surface area (Å²) in [5.74, 6) is 0.586. The van der Waals surface area contributed by atoms with E-state index in [4.69, 9.17) is 0 Å². The van der Waals surface area contributed by atoms with Gasteiger partial charge in [0.25, 0.3) is 0 Å². The molecule has 0 fully saturated rings. The normalized spacial score (nSPS) is 12.5. The minimum Gasteiger partial charge on any atom is -0.378 e. The Morgan fingerprint density at radius 3 is 2.31 bits per heavy atom. The fraction of sp³-hybridized carbons (Fsp3) is 0.571. The van der Waals surface area contributed by atoms with Gasteiger partial charge >= 0.3 is 0 Å². The molecule has 1 rings (SSSR count). The lowest BCUT2D eigenvalue weighted by molar-refractivity contribution is 0.609. The quantitative estimate of drug-likeness (QED) is 0.742. The first-order chi connectivity index (χ1) is 7.65. The summed E-state index contributed by atoms with van der Waals surface area (Å²) in [6, 6.07) is 8.83. The average molecular weight is 220 g/mol. The Balaban J connectivity index is 2.52. The van der Waals surface area contributed by atoms with Gasteiger partial charge in [0.05, 0.1) is 0 Å². The van der Waals surface area contributed by atoms with Gasteiger partial charge in [0, 0.05) is 26.3 Å². The van der Waals surface area contributed by atoms with Crippen LogP contribution in [0.2, 0.25) is 0 Å². The predicted octanol–water partition coefficient (Wildman–Crippen LogP) is 2.86. The molecule has 1 N–H and O–H groups in total. The molecule has 1 aromatic carbocycles. The van der Waals surface area contributed by atoms with E-state index >= 15 is 0 Å². The second kappa shape index (κ2) is 6.54. The van der Waals surface area contributed by atoms with E-state index in [9.17, 15) is 0 Å². The summed E-state index contributed by atoms with van der Waals surface area (Å²) in [5, 5.41) is 3.46. The molecule has 16 heavy (non-hydrogen) atoms. The summed E-state index contributed by atoms with van der Waals surface area (Å²) in [6.45, 7) is 6.64. The van der Waals surface area contributed by atoms with Crippen molar-refractivity contribution in [2.75, 3.05) is 32.1 Å². The summed E-state index contributed by atoms with van der Waals surface area (Å²) >= 11 is 0. The molecule has 1 aromatic rings. The first kappa shape index (κ1) is 13.0. The molecule has 2 heteroatoms. The van der Waals surface area contributed by atoms with Crippen molar-refractivity contribution in [1.82, 2.24) is 5.32 Å². The van der Waals surface area contributed by atoms with Crippen LogP contribution in [-0.2, 0) is 0 Å². The summed E-state index contributed by atoms with van der Waals surface area (Å²) in [7, 11) is 4.14. The zero-order chi connectivity index (χ0) is 12.0. The van der Waals surface area contributed by atoms with Gasteiger partial charge in [-0.1, -0.05) is 26.0 Å². The fourth-order valence-corrected chi connectivity index (χ4v) is 1.71. The van der Waals surface area contributed by atoms with Crippen LogP contribution in [0.15, 0.2) is 24.3 Å². The highest BCUT2D eigenvalue weighted by atomic mass is 15.1. The van der Waals surface area contributed by atoms with Crippen LogP contribution in [0, 0.1) is 0 Å². The van der Waals surface area contributed by atoms with Crippen molar-refractivity contribution in [3.63, 3.8) is 0 Å². The third-order valence-electron chi connectivity index (χ3n) is 2.86. The molecule has 0 aliphatic rings. The molecule has 2 nitrogen and oxygen atoms in total. The first-order valence-electron chi connectivity index (χ1n) is 6.13. The summed E-state index contributed by atoms with van der Waals surface area (Å²) < 4.78 is 0. The molecule has 0 aromatic heterocycles. The molecule has 0 amide bonds. The fourth-order valence-electron chi connectivity index (χ4n) is 1.71. The minimum atomic E-state index is 0.586. The van der Waals surface area contributed by atoms with Gasteiger partial charge in [-0.05, 0) is 36.6 Å². The number of nitrogens with zero attached hydrogens (tertiary/aromatic N) is 1. The lowest BCUT2D eigenvalue weighted by Crippen LogP contribution is -2.20. The minimum absolute atomic E-state index is 0.586. The van der Waals surface area contributed by atoms with Gasteiger partial charge in [0.15, 0.2) is 0 Å². The molecular formula is C14H24N2. The molecule has 0 radical (unpaired) electrons. The SMILES string of the molecule is CCCNCC(C)c1ccc(N(C)C)cc1. The van der Waals surface area contributed by atoms with Gasteiger partial charge < -0.3 is 10.2 Å². The maximum Gasteiger partial charge on any atom is 0.0361 e. The third kappa shape index (κ3) is 3.86. The van der Waals surface area contributed by atoms with Crippen LogP contribution in [0.3, 0.4) is 0 Å².